The zero-order valence-corrected chi connectivity index (χ0v) is 18.2. The number of likely N-dealkylation sites (N-methyl/N-ethyl adjacent to an activating group) is 1. The number of carbonyl (C=O) groups excluding carboxylic acids is 1. The number of rotatable bonds is 7. The van der Waals surface area contributed by atoms with E-state index in [-0.39, 0.29) is 42.7 Å². The smallest absolute Gasteiger partial charge is 0.316 e. The van der Waals surface area contributed by atoms with Crippen molar-refractivity contribution in [1.29, 1.82) is 0 Å². The summed E-state index contributed by atoms with van der Waals surface area (Å²) in [4.78, 5) is 12.7. The summed E-state index contributed by atoms with van der Waals surface area (Å²) in [5.74, 6) is -0.898. The number of unbranched alkanes of at least 4 members (excludes halogenated alkanes) is 1. The lowest BCUT2D eigenvalue weighted by Gasteiger charge is -2.48. The summed E-state index contributed by atoms with van der Waals surface area (Å²) in [5, 5.41) is 9.70. The maximum Gasteiger partial charge on any atom is 0.316 e. The number of quaternary nitrogens is 1. The SMILES string of the molecule is CCCC[N+]1(C)[C@H]2CC(OC(=O)[C@H](CO)c3ccccc3)C[C@H]1[C@H]1O[C@@H]12.[I-]. The Bertz CT molecular complexity index is 637. The Morgan fingerprint density at radius 1 is 1.26 bits per heavy atom. The number of carbonyl (C=O) groups is 1. The highest BCUT2D eigenvalue weighted by molar-refractivity contribution is 5.78. The van der Waals surface area contributed by atoms with Crippen LogP contribution < -0.4 is 24.0 Å². The monoisotopic (exact) mass is 487 g/mol. The Balaban J connectivity index is 0.00000210. The van der Waals surface area contributed by atoms with Gasteiger partial charge in [0.25, 0.3) is 0 Å². The van der Waals surface area contributed by atoms with Crippen LogP contribution in [0.15, 0.2) is 30.3 Å². The summed E-state index contributed by atoms with van der Waals surface area (Å²) in [7, 11) is 2.36. The van der Waals surface area contributed by atoms with Crippen molar-refractivity contribution >= 4 is 5.97 Å². The number of piperidine rings is 1. The highest BCUT2D eigenvalue weighted by Crippen LogP contribution is 2.52. The molecule has 5 atom stereocenters. The topological polar surface area (TPSA) is 59.1 Å². The fourth-order valence-corrected chi connectivity index (χ4v) is 5.23. The van der Waals surface area contributed by atoms with Gasteiger partial charge in [-0.1, -0.05) is 43.7 Å². The number of halogens is 1. The number of benzene rings is 1. The zero-order valence-electron chi connectivity index (χ0n) is 16.1. The summed E-state index contributed by atoms with van der Waals surface area (Å²) < 4.78 is 12.9. The second kappa shape index (κ2) is 8.35. The van der Waals surface area contributed by atoms with Crippen molar-refractivity contribution in [2.75, 3.05) is 20.2 Å². The van der Waals surface area contributed by atoms with E-state index < -0.39 is 5.92 Å². The molecule has 0 aromatic heterocycles. The van der Waals surface area contributed by atoms with E-state index in [4.69, 9.17) is 9.47 Å². The molecule has 150 valence electrons. The lowest BCUT2D eigenvalue weighted by molar-refractivity contribution is -0.956. The van der Waals surface area contributed by atoms with Gasteiger partial charge in [-0.3, -0.25) is 4.79 Å². The highest BCUT2D eigenvalue weighted by Gasteiger charge is 2.71. The minimum Gasteiger partial charge on any atom is -1.00 e. The summed E-state index contributed by atoms with van der Waals surface area (Å²) >= 11 is 0. The molecule has 4 rings (SSSR count). The van der Waals surface area contributed by atoms with Crippen LogP contribution in [0.1, 0.15) is 44.1 Å². The van der Waals surface area contributed by atoms with E-state index in [2.05, 4.69) is 14.0 Å². The molecule has 0 radical (unpaired) electrons. The summed E-state index contributed by atoms with van der Waals surface area (Å²) in [6, 6.07) is 10.3. The number of ether oxygens (including phenoxy) is 2. The highest BCUT2D eigenvalue weighted by atomic mass is 127. The van der Waals surface area contributed by atoms with Gasteiger partial charge in [-0.15, -0.1) is 0 Å². The summed E-state index contributed by atoms with van der Waals surface area (Å²) in [6.07, 6.45) is 4.83. The number of epoxide rings is 1. The first-order valence-electron chi connectivity index (χ1n) is 9.95. The van der Waals surface area contributed by atoms with Crippen molar-refractivity contribution in [2.24, 2.45) is 0 Å². The molecular weight excluding hydrogens is 457 g/mol. The van der Waals surface area contributed by atoms with Crippen LogP contribution in [0.3, 0.4) is 0 Å². The Hall–Kier alpha value is -0.700. The van der Waals surface area contributed by atoms with Crippen molar-refractivity contribution < 1.29 is 47.8 Å². The van der Waals surface area contributed by atoms with Crippen LogP contribution in [0.5, 0.6) is 0 Å². The Labute approximate surface area is 178 Å². The van der Waals surface area contributed by atoms with Crippen LogP contribution >= 0.6 is 0 Å². The molecule has 1 aromatic rings. The first-order chi connectivity index (χ1) is 12.6. The minimum absolute atomic E-state index is 0. The molecule has 0 aliphatic carbocycles. The van der Waals surface area contributed by atoms with Crippen LogP contribution in [0.2, 0.25) is 0 Å². The van der Waals surface area contributed by atoms with E-state index >= 15 is 0 Å². The Morgan fingerprint density at radius 2 is 1.89 bits per heavy atom. The Morgan fingerprint density at radius 3 is 2.44 bits per heavy atom. The van der Waals surface area contributed by atoms with Crippen molar-refractivity contribution in [3.8, 4) is 0 Å². The molecule has 0 amide bonds. The molecule has 1 aromatic carbocycles. The fraction of sp³-hybridized carbons (Fsp3) is 0.667. The van der Waals surface area contributed by atoms with Crippen LogP contribution in [-0.2, 0) is 14.3 Å². The van der Waals surface area contributed by atoms with Gasteiger partial charge in [-0.05, 0) is 12.0 Å². The minimum atomic E-state index is -0.595. The molecule has 2 bridgehead atoms. The molecule has 3 fully saturated rings. The van der Waals surface area contributed by atoms with Crippen molar-refractivity contribution in [2.45, 2.75) is 68.9 Å². The average molecular weight is 487 g/mol. The molecule has 0 unspecified atom stereocenters. The van der Waals surface area contributed by atoms with Gasteiger partial charge in [0.05, 0.1) is 20.2 Å². The zero-order chi connectivity index (χ0) is 18.3. The predicted molar refractivity (Wildman–Crippen MR) is 97.6 cm³/mol. The van der Waals surface area contributed by atoms with Gasteiger partial charge in [-0.25, -0.2) is 0 Å². The van der Waals surface area contributed by atoms with Crippen LogP contribution in [0.25, 0.3) is 0 Å². The molecular formula is C21H30INO4. The van der Waals surface area contributed by atoms with Crippen LogP contribution in [0, 0.1) is 0 Å². The molecule has 0 spiro atoms. The fourth-order valence-electron chi connectivity index (χ4n) is 5.23. The Kier molecular flexibility index (Phi) is 6.50. The number of hydrogen-bond acceptors (Lipinski definition) is 4. The summed E-state index contributed by atoms with van der Waals surface area (Å²) in [5.41, 5.74) is 0.813. The van der Waals surface area contributed by atoms with Gasteiger partial charge >= 0.3 is 5.97 Å². The second-order valence-corrected chi connectivity index (χ2v) is 8.30. The van der Waals surface area contributed by atoms with Gasteiger partial charge < -0.3 is 43.0 Å². The van der Waals surface area contributed by atoms with E-state index in [0.717, 1.165) is 22.9 Å². The number of aliphatic hydroxyl groups excluding tert-OH is 1. The molecule has 3 aliphatic heterocycles. The van der Waals surface area contributed by atoms with Gasteiger partial charge in [0.1, 0.15) is 36.3 Å². The molecule has 3 aliphatic rings. The summed E-state index contributed by atoms with van der Waals surface area (Å²) in [6.45, 7) is 3.20. The third-order valence-electron chi connectivity index (χ3n) is 6.79. The van der Waals surface area contributed by atoms with Gasteiger partial charge in [0, 0.05) is 12.8 Å². The molecule has 27 heavy (non-hydrogen) atoms. The number of hydrogen-bond donors (Lipinski definition) is 1. The number of morpholine rings is 1. The molecule has 3 saturated heterocycles. The van der Waals surface area contributed by atoms with Gasteiger partial charge in [-0.2, -0.15) is 0 Å². The predicted octanol–water partition coefficient (Wildman–Crippen LogP) is -0.763. The average Bonchev–Trinajstić information content (AvgIpc) is 3.40. The quantitative estimate of drug-likeness (QED) is 0.238. The normalized spacial score (nSPS) is 37.1. The van der Waals surface area contributed by atoms with Crippen molar-refractivity contribution in [3.63, 3.8) is 0 Å². The largest absolute Gasteiger partial charge is 1.00 e. The lowest BCUT2D eigenvalue weighted by atomic mass is 9.94. The van der Waals surface area contributed by atoms with E-state index in [0.29, 0.717) is 24.3 Å². The van der Waals surface area contributed by atoms with E-state index in [1.54, 1.807) is 0 Å². The molecule has 0 saturated carbocycles. The third-order valence-corrected chi connectivity index (χ3v) is 6.79. The van der Waals surface area contributed by atoms with Crippen molar-refractivity contribution in [1.82, 2.24) is 0 Å². The van der Waals surface area contributed by atoms with Gasteiger partial charge in [0.2, 0.25) is 0 Å². The van der Waals surface area contributed by atoms with E-state index in [9.17, 15) is 9.90 Å². The van der Waals surface area contributed by atoms with E-state index in [1.165, 1.54) is 19.4 Å². The maximum atomic E-state index is 12.7. The van der Waals surface area contributed by atoms with Gasteiger partial charge in [0.15, 0.2) is 0 Å². The van der Waals surface area contributed by atoms with Crippen LogP contribution in [-0.4, -0.2) is 66.2 Å². The van der Waals surface area contributed by atoms with Crippen molar-refractivity contribution in [3.05, 3.63) is 35.9 Å². The number of esters is 1. The molecule has 5 nitrogen and oxygen atoms in total. The van der Waals surface area contributed by atoms with E-state index in [1.807, 2.05) is 30.3 Å². The standard InChI is InChI=1S/C21H30NO4.HI/c1-3-4-10-22(2)17-11-15(12-18(22)20-19(17)26-20)25-21(24)16(13-23)14-8-6-5-7-9-14;/h5-9,15-20,23H,3-4,10-13H2,1-2H3;1H/q+1;/p-1/t15?,16-,17+,18+,19-,20-,22?;/m1./s1. The molecule has 1 N–H and O–H groups in total. The first kappa shape index (κ1) is 21.0. The second-order valence-electron chi connectivity index (χ2n) is 8.30. The molecule has 6 heteroatoms. The number of nitrogens with zero attached hydrogens (tertiary/aromatic N) is 1. The maximum absolute atomic E-state index is 12.7. The third kappa shape index (κ3) is 3.78. The molecule has 3 heterocycles. The number of aliphatic hydroxyl groups is 1. The van der Waals surface area contributed by atoms with Crippen LogP contribution in [0.4, 0.5) is 0 Å². The number of fused-ring (bicyclic) bond motifs is 5. The lowest BCUT2D eigenvalue weighted by Crippen LogP contribution is -3.00. The first-order valence-corrected chi connectivity index (χ1v) is 9.95.